The van der Waals surface area contributed by atoms with Crippen LogP contribution in [0.1, 0.15) is 23.2 Å². The zero-order valence-corrected chi connectivity index (χ0v) is 14.1. The van der Waals surface area contributed by atoms with Crippen LogP contribution in [0.15, 0.2) is 42.5 Å². The minimum Gasteiger partial charge on any atom is -0.494 e. The second-order valence-corrected chi connectivity index (χ2v) is 5.80. The third-order valence-electron chi connectivity index (χ3n) is 4.12. The van der Waals surface area contributed by atoms with Crippen molar-refractivity contribution in [2.24, 2.45) is 0 Å². The minimum atomic E-state index is -0.554. The Morgan fingerprint density at radius 1 is 1.27 bits per heavy atom. The van der Waals surface area contributed by atoms with Crippen LogP contribution in [0.3, 0.4) is 0 Å². The molecule has 0 unspecified atom stereocenters. The quantitative estimate of drug-likeness (QED) is 0.656. The molecule has 1 aliphatic rings. The van der Waals surface area contributed by atoms with E-state index in [4.69, 9.17) is 4.74 Å². The third kappa shape index (κ3) is 3.49. The number of amides is 2. The Morgan fingerprint density at radius 3 is 2.73 bits per heavy atom. The van der Waals surface area contributed by atoms with Crippen LogP contribution < -0.4 is 15.0 Å². The number of non-ortho nitro benzene ring substituents is 1. The Labute approximate surface area is 149 Å². The lowest BCUT2D eigenvalue weighted by atomic mass is 10.1. The van der Waals surface area contributed by atoms with Gasteiger partial charge in [-0.1, -0.05) is 6.07 Å². The van der Waals surface area contributed by atoms with Crippen molar-refractivity contribution in [3.63, 3.8) is 0 Å². The minimum absolute atomic E-state index is 0.0386. The van der Waals surface area contributed by atoms with Crippen LogP contribution in [-0.2, 0) is 4.79 Å². The summed E-state index contributed by atoms with van der Waals surface area (Å²) >= 11 is 0. The zero-order chi connectivity index (χ0) is 18.7. The number of methoxy groups -OCH3 is 1. The van der Waals surface area contributed by atoms with Gasteiger partial charge in [0.25, 0.3) is 11.6 Å². The van der Waals surface area contributed by atoms with Gasteiger partial charge in [0.2, 0.25) is 5.91 Å². The largest absolute Gasteiger partial charge is 0.494 e. The van der Waals surface area contributed by atoms with Gasteiger partial charge in [0, 0.05) is 42.4 Å². The van der Waals surface area contributed by atoms with E-state index in [1.54, 1.807) is 23.1 Å². The lowest BCUT2D eigenvalue weighted by Crippen LogP contribution is -2.24. The fourth-order valence-corrected chi connectivity index (χ4v) is 2.85. The van der Waals surface area contributed by atoms with Crippen molar-refractivity contribution in [3.8, 4) is 5.75 Å². The van der Waals surface area contributed by atoms with Crippen molar-refractivity contribution in [1.82, 2.24) is 0 Å². The van der Waals surface area contributed by atoms with E-state index < -0.39 is 10.8 Å². The number of anilines is 2. The molecule has 0 bridgehead atoms. The normalized spacial score (nSPS) is 13.6. The van der Waals surface area contributed by atoms with Gasteiger partial charge in [0.15, 0.2) is 0 Å². The third-order valence-corrected chi connectivity index (χ3v) is 4.12. The molecule has 1 heterocycles. The Morgan fingerprint density at radius 2 is 2.08 bits per heavy atom. The summed E-state index contributed by atoms with van der Waals surface area (Å²) in [7, 11) is 1.49. The maximum Gasteiger partial charge on any atom is 0.270 e. The fraction of sp³-hybridized carbons (Fsp3) is 0.222. The van der Waals surface area contributed by atoms with Crippen LogP contribution in [0.5, 0.6) is 5.75 Å². The van der Waals surface area contributed by atoms with Gasteiger partial charge in [0.05, 0.1) is 17.7 Å². The molecule has 8 nitrogen and oxygen atoms in total. The number of benzene rings is 2. The van der Waals surface area contributed by atoms with Gasteiger partial charge < -0.3 is 15.0 Å². The molecule has 1 aliphatic heterocycles. The summed E-state index contributed by atoms with van der Waals surface area (Å²) in [5.74, 6) is 0.0366. The van der Waals surface area contributed by atoms with E-state index in [9.17, 15) is 19.7 Å². The molecule has 0 aliphatic carbocycles. The van der Waals surface area contributed by atoms with Gasteiger partial charge in [-0.3, -0.25) is 19.7 Å². The van der Waals surface area contributed by atoms with Crippen LogP contribution in [0.4, 0.5) is 17.1 Å². The molecule has 0 spiro atoms. The Balaban J connectivity index is 1.82. The number of hydrogen-bond donors (Lipinski definition) is 1. The first-order chi connectivity index (χ1) is 12.5. The number of nitrogens with one attached hydrogen (secondary N) is 1. The highest BCUT2D eigenvalue weighted by Crippen LogP contribution is 2.34. The van der Waals surface area contributed by atoms with Crippen LogP contribution in [0.2, 0.25) is 0 Å². The zero-order valence-electron chi connectivity index (χ0n) is 14.1. The number of hydrogen-bond acceptors (Lipinski definition) is 5. The first-order valence-electron chi connectivity index (χ1n) is 8.04. The molecule has 1 saturated heterocycles. The highest BCUT2D eigenvalue weighted by Gasteiger charge is 2.24. The number of carbonyl (C=O) groups excluding carboxylic acids is 2. The standard InChI is InChI=1S/C18H17N3O5/c1-26-16-11-13(7-8-15(16)20-9-3-6-17(20)22)19-18(23)12-4-2-5-14(10-12)21(24)25/h2,4-5,7-8,10-11H,3,6,9H2,1H3,(H,19,23). The van der Waals surface area contributed by atoms with Crippen molar-refractivity contribution >= 4 is 28.9 Å². The molecule has 26 heavy (non-hydrogen) atoms. The van der Waals surface area contributed by atoms with E-state index in [0.717, 1.165) is 6.42 Å². The number of nitro groups is 1. The van der Waals surface area contributed by atoms with Gasteiger partial charge in [-0.2, -0.15) is 0 Å². The molecular formula is C18H17N3O5. The van der Waals surface area contributed by atoms with E-state index in [1.807, 2.05) is 0 Å². The van der Waals surface area contributed by atoms with Gasteiger partial charge in [-0.15, -0.1) is 0 Å². The average Bonchev–Trinajstić information content (AvgIpc) is 3.07. The van der Waals surface area contributed by atoms with Crippen LogP contribution >= 0.6 is 0 Å². The maximum atomic E-state index is 12.3. The van der Waals surface area contributed by atoms with Crippen molar-refractivity contribution in [3.05, 3.63) is 58.1 Å². The Kier molecular flexibility index (Phi) is 4.83. The van der Waals surface area contributed by atoms with Crippen LogP contribution in [0.25, 0.3) is 0 Å². The molecule has 0 radical (unpaired) electrons. The van der Waals surface area contributed by atoms with Gasteiger partial charge in [-0.05, 0) is 24.6 Å². The number of nitro benzene ring substituents is 1. The molecule has 134 valence electrons. The topological polar surface area (TPSA) is 102 Å². The second kappa shape index (κ2) is 7.22. The van der Waals surface area contributed by atoms with E-state index in [2.05, 4.69) is 5.32 Å². The molecule has 2 amide bonds. The molecule has 3 rings (SSSR count). The summed E-state index contributed by atoms with van der Waals surface area (Å²) in [5.41, 5.74) is 1.15. The Bertz CT molecular complexity index is 881. The summed E-state index contributed by atoms with van der Waals surface area (Å²) in [4.78, 5) is 36.2. The van der Waals surface area contributed by atoms with E-state index in [-0.39, 0.29) is 17.2 Å². The van der Waals surface area contributed by atoms with E-state index in [1.165, 1.54) is 31.4 Å². The van der Waals surface area contributed by atoms with Crippen molar-refractivity contribution in [2.45, 2.75) is 12.8 Å². The number of ether oxygens (including phenoxy) is 1. The monoisotopic (exact) mass is 355 g/mol. The summed E-state index contributed by atoms with van der Waals surface area (Å²) in [6, 6.07) is 10.5. The Hall–Kier alpha value is -3.42. The lowest BCUT2D eigenvalue weighted by molar-refractivity contribution is -0.384. The summed E-state index contributed by atoms with van der Waals surface area (Å²) in [6.07, 6.45) is 1.31. The predicted molar refractivity (Wildman–Crippen MR) is 95.6 cm³/mol. The molecule has 2 aromatic rings. The number of nitrogens with zero attached hydrogens (tertiary/aromatic N) is 2. The molecule has 8 heteroatoms. The van der Waals surface area contributed by atoms with E-state index >= 15 is 0 Å². The molecule has 0 aromatic heterocycles. The first kappa shape index (κ1) is 17.4. The van der Waals surface area contributed by atoms with Crippen LogP contribution in [-0.4, -0.2) is 30.4 Å². The highest BCUT2D eigenvalue weighted by molar-refractivity contribution is 6.05. The molecule has 0 atom stereocenters. The van der Waals surface area contributed by atoms with Crippen molar-refractivity contribution in [2.75, 3.05) is 23.9 Å². The van der Waals surface area contributed by atoms with Crippen molar-refractivity contribution < 1.29 is 19.2 Å². The van der Waals surface area contributed by atoms with Crippen molar-refractivity contribution in [1.29, 1.82) is 0 Å². The summed E-state index contributed by atoms with van der Waals surface area (Å²) in [5, 5.41) is 13.5. The average molecular weight is 355 g/mol. The summed E-state index contributed by atoms with van der Waals surface area (Å²) < 4.78 is 5.35. The number of rotatable bonds is 5. The van der Waals surface area contributed by atoms with E-state index in [0.29, 0.717) is 30.1 Å². The summed E-state index contributed by atoms with van der Waals surface area (Å²) in [6.45, 7) is 0.634. The molecule has 2 aromatic carbocycles. The second-order valence-electron chi connectivity index (χ2n) is 5.80. The molecule has 0 saturated carbocycles. The molecule has 1 N–H and O–H groups in total. The highest BCUT2D eigenvalue weighted by atomic mass is 16.6. The maximum absolute atomic E-state index is 12.3. The number of carbonyl (C=O) groups is 2. The van der Waals surface area contributed by atoms with Crippen LogP contribution in [0, 0.1) is 10.1 Å². The smallest absolute Gasteiger partial charge is 0.270 e. The molecular weight excluding hydrogens is 338 g/mol. The predicted octanol–water partition coefficient (Wildman–Crippen LogP) is 2.98. The lowest BCUT2D eigenvalue weighted by Gasteiger charge is -2.19. The van der Waals surface area contributed by atoms with Gasteiger partial charge in [0.1, 0.15) is 5.75 Å². The molecule has 1 fully saturated rings. The van der Waals surface area contributed by atoms with Gasteiger partial charge in [-0.25, -0.2) is 0 Å². The SMILES string of the molecule is COc1cc(NC(=O)c2cccc([N+](=O)[O-])c2)ccc1N1CCCC1=O. The first-order valence-corrected chi connectivity index (χ1v) is 8.04. The van der Waals surface area contributed by atoms with Gasteiger partial charge >= 0.3 is 0 Å². The fourth-order valence-electron chi connectivity index (χ4n) is 2.85.